The molecule has 2 aromatic heterocycles. The third kappa shape index (κ3) is 32.6. The monoisotopic (exact) mass is 1890 g/mol. The molecule has 0 aliphatic heterocycles. The van der Waals surface area contributed by atoms with Gasteiger partial charge in [0.25, 0.3) is 0 Å². The molecule has 16 aromatic carbocycles. The summed E-state index contributed by atoms with van der Waals surface area (Å²) < 4.78 is 0. The van der Waals surface area contributed by atoms with E-state index in [0.717, 1.165) is 50.7 Å². The first-order valence-corrected chi connectivity index (χ1v) is 45.7. The van der Waals surface area contributed by atoms with Crippen molar-refractivity contribution in [1.29, 1.82) is 0 Å². The standard InChI is InChI=1S/4C18H15P.C16H13ClN2.C8H11BO2.C8H4Cl2N2.CHO3.CH4.2Na.Pd/c4*1-4-10-16(11-5-1)19(17-12-6-2-7-13-17)18-14-8-3-9-15-18;1-10-5-11(2)7-12(6-10)16-14-4-3-13(17)8-15(14)18-9-19-16;1-6-3-7(2)5-8(4-6)9(10)11;9-5-1-2-6-7(3-5)11-4-12-8(6)10;2-1-4-3;;;;/h4*1-15H;3-9H,1-2H3;3-5,10-11H,1-2H3;1-4H;3H;1H4;;;/q;;;;;;;-1;;;;. The van der Waals surface area contributed by atoms with Crippen LogP contribution in [0.5, 0.6) is 0 Å². The van der Waals surface area contributed by atoms with Gasteiger partial charge in [0.1, 0.15) is 17.8 Å². The van der Waals surface area contributed by atoms with E-state index in [1.807, 2.05) is 38.1 Å². The SMILES string of the molecule is C.Cc1cc(C)cc(-c2ncnc3cc(Cl)ccc23)c1.Cc1cc(C)cc(B(O)O)c1.Clc1ccc2c(Cl)ncnc2c1.O=[C-]OO.[Na].[Na].[Pd].c1ccc(P(c2ccccc2)c2ccccc2)cc1.c1ccc(P(c2ccccc2)c2ccccc2)cc1.c1ccc(P(c2ccccc2)c2ccccc2)cc1.c1ccc(P(c2ccccc2)c2ccccc2)cc1. The van der Waals surface area contributed by atoms with Gasteiger partial charge in [0.05, 0.1) is 16.7 Å². The number of aromatic nitrogens is 4. The predicted molar refractivity (Wildman–Crippen MR) is 543 cm³/mol. The zero-order chi connectivity index (χ0) is 85.5. The van der Waals surface area contributed by atoms with Crippen molar-refractivity contribution >= 4 is 230 Å². The first kappa shape index (κ1) is 104. The molecule has 18 rings (SSSR count). The van der Waals surface area contributed by atoms with Gasteiger partial charge in [-0.3, -0.25) is 0 Å². The van der Waals surface area contributed by atoms with E-state index in [1.54, 1.807) is 36.7 Å². The first-order chi connectivity index (χ1) is 59.7. The maximum Gasteiger partial charge on any atom is 0.488 e. The van der Waals surface area contributed by atoms with Crippen molar-refractivity contribution in [3.8, 4) is 11.3 Å². The number of hydrogen-bond acceptors (Lipinski definition) is 9. The summed E-state index contributed by atoms with van der Waals surface area (Å²) in [6, 6.07) is 152. The molecule has 2 radical (unpaired) electrons. The van der Waals surface area contributed by atoms with Crippen molar-refractivity contribution in [2.24, 2.45) is 0 Å². The van der Waals surface area contributed by atoms with E-state index in [-0.39, 0.29) is 87.0 Å². The smallest absolute Gasteiger partial charge is 0.488 e. The fourth-order valence-corrected chi connectivity index (χ4v) is 23.0. The van der Waals surface area contributed by atoms with Crippen LogP contribution in [0.2, 0.25) is 15.2 Å². The van der Waals surface area contributed by atoms with E-state index in [2.05, 4.69) is 421 Å². The van der Waals surface area contributed by atoms with E-state index < -0.39 is 38.8 Å². The Balaban J connectivity index is 0.000000201. The fraction of sp³-hybridized carbons (Fsp3) is 0.0472. The topological polar surface area (TPSA) is 139 Å². The zero-order valence-electron chi connectivity index (χ0n) is 70.0. The minimum Gasteiger partial charge on any atom is -0.509 e. The molecule has 0 bridgehead atoms. The van der Waals surface area contributed by atoms with Crippen LogP contribution in [0, 0.1) is 27.7 Å². The maximum absolute atomic E-state index is 8.83. The molecule has 2 heterocycles. The number of fused-ring (bicyclic) bond motifs is 2. The van der Waals surface area contributed by atoms with Crippen LogP contribution in [0.15, 0.2) is 449 Å². The summed E-state index contributed by atoms with van der Waals surface area (Å²) in [4.78, 5) is 27.9. The Bertz CT molecular complexity index is 5240. The zero-order valence-corrected chi connectivity index (χ0v) is 81.4. The fourth-order valence-electron chi connectivity index (χ4n) is 13.2. The van der Waals surface area contributed by atoms with Gasteiger partial charge in [-0.2, -0.15) is 0 Å². The minimum absolute atomic E-state index is 0. The maximum atomic E-state index is 8.83. The second-order valence-electron chi connectivity index (χ2n) is 27.4. The van der Waals surface area contributed by atoms with Gasteiger partial charge in [-0.1, -0.05) is 453 Å². The molecule has 0 unspecified atom stereocenters. The van der Waals surface area contributed by atoms with Crippen LogP contribution >= 0.6 is 66.5 Å². The predicted octanol–water partition coefficient (Wildman–Crippen LogP) is 20.7. The third-order valence-electron chi connectivity index (χ3n) is 18.4. The molecule has 0 fully saturated rings. The average Bonchev–Trinajstić information content (AvgIpc) is 0.801. The normalized spacial score (nSPS) is 10.0. The van der Waals surface area contributed by atoms with Gasteiger partial charge in [0, 0.05) is 106 Å². The number of rotatable bonds is 15. The number of aryl methyl sites for hydroxylation is 4. The van der Waals surface area contributed by atoms with Crippen LogP contribution in [0.4, 0.5) is 0 Å². The molecular weight excluding hydrogens is 1800 g/mol. The van der Waals surface area contributed by atoms with E-state index >= 15 is 0 Å². The molecule has 624 valence electrons. The van der Waals surface area contributed by atoms with Gasteiger partial charge >= 0.3 is 7.12 Å². The Labute approximate surface area is 820 Å². The van der Waals surface area contributed by atoms with Crippen molar-refractivity contribution in [2.75, 3.05) is 0 Å². The number of nitrogens with zero attached hydrogens (tertiary/aromatic N) is 4. The number of halogens is 3. The van der Waals surface area contributed by atoms with Gasteiger partial charge in [-0.25, -0.2) is 25.2 Å². The Morgan fingerprint density at radius 2 is 0.500 bits per heavy atom. The van der Waals surface area contributed by atoms with Crippen LogP contribution in [-0.4, -0.2) is 108 Å². The summed E-state index contributed by atoms with van der Waals surface area (Å²) in [7, 11) is -3.14. The van der Waals surface area contributed by atoms with Crippen molar-refractivity contribution in [3.05, 3.63) is 487 Å². The summed E-state index contributed by atoms with van der Waals surface area (Å²) in [5.41, 5.74) is 8.83. The van der Waals surface area contributed by atoms with Crippen LogP contribution in [-0.2, 0) is 30.1 Å². The second-order valence-corrected chi connectivity index (χ2v) is 37.5. The van der Waals surface area contributed by atoms with E-state index in [9.17, 15) is 0 Å². The molecule has 0 saturated heterocycles. The van der Waals surface area contributed by atoms with E-state index in [1.165, 1.54) is 81.1 Å². The second kappa shape index (κ2) is 56.9. The number of hydrogen-bond donors (Lipinski definition) is 3. The molecule has 0 aliphatic carbocycles. The summed E-state index contributed by atoms with van der Waals surface area (Å²) in [5.74, 6) is 0. The van der Waals surface area contributed by atoms with E-state index in [0.29, 0.717) is 20.7 Å². The molecule has 9 nitrogen and oxygen atoms in total. The number of carbonyl (C=O) groups excluding carboxylic acids is 1. The molecule has 20 heteroatoms. The van der Waals surface area contributed by atoms with Gasteiger partial charge in [-0.15, -0.1) is 0 Å². The molecule has 0 amide bonds. The Kier molecular flexibility index (Phi) is 47.0. The van der Waals surface area contributed by atoms with Crippen LogP contribution in [0.25, 0.3) is 33.1 Å². The molecule has 0 aliphatic rings. The molecule has 3 N–H and O–H groups in total. The molecule has 0 atom stereocenters. The summed E-state index contributed by atoms with van der Waals surface area (Å²) in [6.07, 6.45) is 3.01. The molecule has 0 spiro atoms. The largest absolute Gasteiger partial charge is 0.509 e. The minimum atomic E-state index is -1.35. The van der Waals surface area contributed by atoms with Crippen molar-refractivity contribution in [2.45, 2.75) is 35.1 Å². The molecule has 126 heavy (non-hydrogen) atoms. The Morgan fingerprint density at radius 1 is 0.294 bits per heavy atom. The van der Waals surface area contributed by atoms with Crippen LogP contribution in [0.3, 0.4) is 0 Å². The quantitative estimate of drug-likeness (QED) is 0.0229. The van der Waals surface area contributed by atoms with Crippen molar-refractivity contribution in [3.63, 3.8) is 0 Å². The number of benzene rings is 16. The van der Waals surface area contributed by atoms with Crippen molar-refractivity contribution < 1.29 is 45.4 Å². The van der Waals surface area contributed by atoms with Gasteiger partial charge in [0.15, 0.2) is 0 Å². The Morgan fingerprint density at radius 3 is 0.722 bits per heavy atom. The van der Waals surface area contributed by atoms with Crippen LogP contribution in [0.1, 0.15) is 29.7 Å². The average molecular weight is 1900 g/mol. The van der Waals surface area contributed by atoms with Gasteiger partial charge in [0.2, 0.25) is 0 Å². The summed E-state index contributed by atoms with van der Waals surface area (Å²) in [5, 5.41) is 45.0. The summed E-state index contributed by atoms with van der Waals surface area (Å²) >= 11 is 17.6. The Hall–Kier alpha value is -9.13. The first-order valence-electron chi connectivity index (χ1n) is 39.2. The molecule has 0 saturated carbocycles. The van der Waals surface area contributed by atoms with Gasteiger partial charge < -0.3 is 19.7 Å². The summed E-state index contributed by atoms with van der Waals surface area (Å²) in [6.45, 7) is 8.78. The van der Waals surface area contributed by atoms with Crippen LogP contribution < -0.4 is 69.1 Å². The molecular formula is C106H93BCl3N4Na2O5P4Pd-. The molecule has 18 aromatic rings. The third-order valence-corrected chi connectivity index (χ3v) is 28.9. The van der Waals surface area contributed by atoms with Gasteiger partial charge in [-0.05, 0) is 184 Å². The van der Waals surface area contributed by atoms with Crippen molar-refractivity contribution in [1.82, 2.24) is 19.9 Å². The van der Waals surface area contributed by atoms with E-state index in [4.69, 9.17) is 54.9 Å².